The van der Waals surface area contributed by atoms with E-state index in [1.807, 2.05) is 41.0 Å². The summed E-state index contributed by atoms with van der Waals surface area (Å²) in [6, 6.07) is 11.6. The van der Waals surface area contributed by atoms with Crippen LogP contribution in [0.3, 0.4) is 0 Å². The highest BCUT2D eigenvalue weighted by molar-refractivity contribution is 5.84. The molecule has 5 heteroatoms. The van der Waals surface area contributed by atoms with E-state index in [4.69, 9.17) is 0 Å². The van der Waals surface area contributed by atoms with Crippen LogP contribution in [0.15, 0.2) is 61.4 Å². The summed E-state index contributed by atoms with van der Waals surface area (Å²) >= 11 is 0. The van der Waals surface area contributed by atoms with Gasteiger partial charge in [0.1, 0.15) is 12.4 Å². The van der Waals surface area contributed by atoms with Gasteiger partial charge in [-0.2, -0.15) is 0 Å². The number of nitrogens with one attached hydrogen (secondary N) is 1. The maximum absolute atomic E-state index is 12.1. The standard InChI is InChI=1S/C17H16N4O/c1-2-9-19-16(22)12-21-15-8-4-3-7-14(15)20-17(21)13-6-5-10-18-11-13/h2-8,10-11H,1,9,12H2,(H,19,22). The fourth-order valence-corrected chi connectivity index (χ4v) is 2.34. The van der Waals surface area contributed by atoms with E-state index in [0.717, 1.165) is 22.4 Å². The number of hydrogen-bond donors (Lipinski definition) is 1. The summed E-state index contributed by atoms with van der Waals surface area (Å²) in [6.45, 7) is 4.26. The number of fused-ring (bicyclic) bond motifs is 1. The Balaban J connectivity index is 2.05. The first kappa shape index (κ1) is 14.0. The van der Waals surface area contributed by atoms with E-state index in [-0.39, 0.29) is 12.5 Å². The molecular formula is C17H16N4O. The summed E-state index contributed by atoms with van der Waals surface area (Å²) in [4.78, 5) is 20.8. The molecular weight excluding hydrogens is 276 g/mol. The SMILES string of the molecule is C=CCNC(=O)Cn1c(-c2cccnc2)nc2ccccc21. The Bertz CT molecular complexity index is 808. The zero-order valence-electron chi connectivity index (χ0n) is 12.1. The lowest BCUT2D eigenvalue weighted by Gasteiger charge is -2.09. The number of aromatic nitrogens is 3. The summed E-state index contributed by atoms with van der Waals surface area (Å²) in [5.41, 5.74) is 2.67. The third-order valence-electron chi connectivity index (χ3n) is 3.32. The van der Waals surface area contributed by atoms with Gasteiger partial charge < -0.3 is 9.88 Å². The number of benzene rings is 1. The summed E-state index contributed by atoms with van der Waals surface area (Å²) in [6.07, 6.45) is 5.12. The number of carbonyl (C=O) groups excluding carboxylic acids is 1. The molecule has 0 aliphatic rings. The molecule has 0 saturated carbocycles. The van der Waals surface area contributed by atoms with Crippen LogP contribution < -0.4 is 5.32 Å². The smallest absolute Gasteiger partial charge is 0.240 e. The van der Waals surface area contributed by atoms with Crippen molar-refractivity contribution >= 4 is 16.9 Å². The van der Waals surface area contributed by atoms with Crippen molar-refractivity contribution in [2.75, 3.05) is 6.54 Å². The zero-order chi connectivity index (χ0) is 15.4. The Morgan fingerprint density at radius 1 is 1.27 bits per heavy atom. The summed E-state index contributed by atoms with van der Waals surface area (Å²) in [5, 5.41) is 2.79. The molecule has 1 aromatic carbocycles. The van der Waals surface area contributed by atoms with Gasteiger partial charge in [-0.3, -0.25) is 9.78 Å². The molecule has 110 valence electrons. The van der Waals surface area contributed by atoms with Crippen molar-refractivity contribution in [2.24, 2.45) is 0 Å². The molecule has 0 aliphatic heterocycles. The lowest BCUT2D eigenvalue weighted by Crippen LogP contribution is -2.27. The fourth-order valence-electron chi connectivity index (χ4n) is 2.34. The van der Waals surface area contributed by atoms with Crippen LogP contribution in [0.2, 0.25) is 0 Å². The van der Waals surface area contributed by atoms with Crippen molar-refractivity contribution in [1.29, 1.82) is 0 Å². The second kappa shape index (κ2) is 6.22. The Kier molecular flexibility index (Phi) is 3.96. The molecule has 1 N–H and O–H groups in total. The molecule has 5 nitrogen and oxygen atoms in total. The summed E-state index contributed by atoms with van der Waals surface area (Å²) in [5.74, 6) is 0.663. The van der Waals surface area contributed by atoms with Gasteiger partial charge in [0.15, 0.2) is 0 Å². The molecule has 0 fully saturated rings. The van der Waals surface area contributed by atoms with E-state index in [9.17, 15) is 4.79 Å². The van der Waals surface area contributed by atoms with E-state index in [1.165, 1.54) is 0 Å². The number of rotatable bonds is 5. The normalized spacial score (nSPS) is 10.5. The largest absolute Gasteiger partial charge is 0.351 e. The second-order valence-electron chi connectivity index (χ2n) is 4.84. The van der Waals surface area contributed by atoms with E-state index < -0.39 is 0 Å². The highest BCUT2D eigenvalue weighted by Gasteiger charge is 2.14. The first-order valence-corrected chi connectivity index (χ1v) is 7.03. The number of nitrogens with zero attached hydrogens (tertiary/aromatic N) is 3. The van der Waals surface area contributed by atoms with Gasteiger partial charge in [0, 0.05) is 24.5 Å². The van der Waals surface area contributed by atoms with Crippen molar-refractivity contribution < 1.29 is 4.79 Å². The van der Waals surface area contributed by atoms with Gasteiger partial charge in [-0.15, -0.1) is 6.58 Å². The van der Waals surface area contributed by atoms with Crippen LogP contribution >= 0.6 is 0 Å². The molecule has 2 aromatic heterocycles. The Labute approximate surface area is 128 Å². The first-order chi connectivity index (χ1) is 10.8. The predicted molar refractivity (Wildman–Crippen MR) is 86.2 cm³/mol. The van der Waals surface area contributed by atoms with Gasteiger partial charge in [0.25, 0.3) is 0 Å². The van der Waals surface area contributed by atoms with Gasteiger partial charge in [0.05, 0.1) is 11.0 Å². The van der Waals surface area contributed by atoms with E-state index in [1.54, 1.807) is 18.5 Å². The first-order valence-electron chi connectivity index (χ1n) is 7.03. The average molecular weight is 292 g/mol. The number of pyridine rings is 1. The number of para-hydroxylation sites is 2. The van der Waals surface area contributed by atoms with Gasteiger partial charge >= 0.3 is 0 Å². The van der Waals surface area contributed by atoms with Gasteiger partial charge in [-0.25, -0.2) is 4.98 Å². The minimum Gasteiger partial charge on any atom is -0.351 e. The van der Waals surface area contributed by atoms with E-state index in [2.05, 4.69) is 21.9 Å². The molecule has 0 spiro atoms. The molecule has 0 unspecified atom stereocenters. The molecule has 0 bridgehead atoms. The lowest BCUT2D eigenvalue weighted by atomic mass is 10.2. The molecule has 3 aromatic rings. The van der Waals surface area contributed by atoms with Crippen molar-refractivity contribution in [3.05, 3.63) is 61.4 Å². The highest BCUT2D eigenvalue weighted by Crippen LogP contribution is 2.23. The van der Waals surface area contributed by atoms with Crippen molar-refractivity contribution in [3.63, 3.8) is 0 Å². The minimum atomic E-state index is -0.0757. The monoisotopic (exact) mass is 292 g/mol. The lowest BCUT2D eigenvalue weighted by molar-refractivity contribution is -0.121. The number of hydrogen-bond acceptors (Lipinski definition) is 3. The average Bonchev–Trinajstić information content (AvgIpc) is 2.92. The zero-order valence-corrected chi connectivity index (χ0v) is 12.1. The minimum absolute atomic E-state index is 0.0757. The van der Waals surface area contributed by atoms with Gasteiger partial charge in [-0.1, -0.05) is 18.2 Å². The molecule has 0 radical (unpaired) electrons. The highest BCUT2D eigenvalue weighted by atomic mass is 16.1. The van der Waals surface area contributed by atoms with Gasteiger partial charge in [-0.05, 0) is 24.3 Å². The van der Waals surface area contributed by atoms with Gasteiger partial charge in [0.2, 0.25) is 5.91 Å². The third-order valence-corrected chi connectivity index (χ3v) is 3.32. The number of carbonyl (C=O) groups is 1. The van der Waals surface area contributed by atoms with Crippen molar-refractivity contribution in [3.8, 4) is 11.4 Å². The Morgan fingerprint density at radius 2 is 2.14 bits per heavy atom. The fraction of sp³-hybridized carbons (Fsp3) is 0.118. The van der Waals surface area contributed by atoms with Crippen LogP contribution in [-0.2, 0) is 11.3 Å². The maximum Gasteiger partial charge on any atom is 0.240 e. The Hall–Kier alpha value is -2.95. The van der Waals surface area contributed by atoms with Crippen LogP contribution in [0, 0.1) is 0 Å². The quantitative estimate of drug-likeness (QED) is 0.735. The van der Waals surface area contributed by atoms with Crippen LogP contribution in [-0.4, -0.2) is 27.0 Å². The topological polar surface area (TPSA) is 59.8 Å². The Morgan fingerprint density at radius 3 is 2.91 bits per heavy atom. The van der Waals surface area contributed by atoms with Crippen LogP contribution in [0.1, 0.15) is 0 Å². The predicted octanol–water partition coefficient (Wildman–Crippen LogP) is 2.40. The number of amides is 1. The molecule has 3 rings (SSSR count). The van der Waals surface area contributed by atoms with E-state index in [0.29, 0.717) is 6.54 Å². The van der Waals surface area contributed by atoms with Crippen LogP contribution in [0.5, 0.6) is 0 Å². The molecule has 0 aliphatic carbocycles. The van der Waals surface area contributed by atoms with E-state index >= 15 is 0 Å². The summed E-state index contributed by atoms with van der Waals surface area (Å²) in [7, 11) is 0. The molecule has 22 heavy (non-hydrogen) atoms. The third kappa shape index (κ3) is 2.74. The van der Waals surface area contributed by atoms with Crippen LogP contribution in [0.25, 0.3) is 22.4 Å². The molecule has 0 saturated heterocycles. The second-order valence-corrected chi connectivity index (χ2v) is 4.84. The molecule has 2 heterocycles. The maximum atomic E-state index is 12.1. The summed E-state index contributed by atoms with van der Waals surface area (Å²) < 4.78 is 1.91. The van der Waals surface area contributed by atoms with Crippen molar-refractivity contribution in [1.82, 2.24) is 19.9 Å². The molecule has 0 atom stereocenters. The van der Waals surface area contributed by atoms with Crippen LogP contribution in [0.4, 0.5) is 0 Å². The molecule has 1 amide bonds. The van der Waals surface area contributed by atoms with Crippen molar-refractivity contribution in [2.45, 2.75) is 6.54 Å². The number of imidazole rings is 1.